The zero-order valence-corrected chi connectivity index (χ0v) is 36.9. The molecule has 2 nitrogen and oxygen atoms in total. The maximum atomic E-state index is 15.4. The van der Waals surface area contributed by atoms with Gasteiger partial charge in [-0.1, -0.05) is 184 Å². The van der Waals surface area contributed by atoms with Crippen molar-refractivity contribution in [1.82, 2.24) is 0 Å². The van der Waals surface area contributed by atoms with Gasteiger partial charge in [0, 0.05) is 5.56 Å². The average molecular weight is 729 g/mol. The Kier molecular flexibility index (Phi) is 22.0. The number of hydrogen-bond acceptors (Lipinski definition) is 2. The summed E-state index contributed by atoms with van der Waals surface area (Å²) in [6, 6.07) is 9.45. The van der Waals surface area contributed by atoms with Crippen LogP contribution < -0.4 is 0 Å². The first-order valence-electron chi connectivity index (χ1n) is 22.7. The average Bonchev–Trinajstić information content (AvgIpc) is 3.16. The molecule has 6 atom stereocenters. The molecule has 2 heteroatoms. The van der Waals surface area contributed by atoms with Crippen LogP contribution in [-0.2, 0) is 0 Å². The number of hydrogen-bond donors (Lipinski definition) is 1. The fraction of sp³-hybridized carbons (Fsp3) is 0.706. The van der Waals surface area contributed by atoms with Gasteiger partial charge in [-0.25, -0.2) is 0 Å². The molecule has 0 saturated heterocycles. The van der Waals surface area contributed by atoms with Crippen LogP contribution in [0.4, 0.5) is 0 Å². The zero-order valence-electron chi connectivity index (χ0n) is 36.9. The highest BCUT2D eigenvalue weighted by atomic mass is 16.3. The van der Waals surface area contributed by atoms with Gasteiger partial charge in [0.25, 0.3) is 0 Å². The Morgan fingerprint density at radius 3 is 1.26 bits per heavy atom. The molecule has 0 heterocycles. The Morgan fingerprint density at radius 2 is 0.868 bits per heavy atom. The number of unbranched alkanes of at least 4 members (excludes halogenated alkanes) is 6. The molecule has 2 rings (SSSR count). The minimum Gasteiger partial charge on any atom is -0.504 e. The fourth-order valence-corrected chi connectivity index (χ4v) is 8.68. The molecule has 2 aromatic rings. The molecule has 0 saturated carbocycles. The predicted molar refractivity (Wildman–Crippen MR) is 235 cm³/mol. The molecular formula is C51H84O2. The second-order valence-corrected chi connectivity index (χ2v) is 17.3. The Balaban J connectivity index is 3.07. The first-order chi connectivity index (χ1) is 25.4. The topological polar surface area (TPSA) is 37.3 Å². The summed E-state index contributed by atoms with van der Waals surface area (Å²) in [4.78, 5) is 15.4. The number of ketones is 1. The van der Waals surface area contributed by atoms with E-state index in [0.29, 0.717) is 23.7 Å². The summed E-state index contributed by atoms with van der Waals surface area (Å²) in [6.07, 6.45) is 22.4. The van der Waals surface area contributed by atoms with Gasteiger partial charge in [0.1, 0.15) is 0 Å². The van der Waals surface area contributed by atoms with Gasteiger partial charge in [0.2, 0.25) is 5.78 Å². The smallest absolute Gasteiger partial charge is 0.227 e. The van der Waals surface area contributed by atoms with Crippen molar-refractivity contribution in [2.75, 3.05) is 0 Å². The minimum atomic E-state index is -0.160. The molecular weight excluding hydrogens is 645 g/mol. The van der Waals surface area contributed by atoms with Crippen LogP contribution in [-0.4, -0.2) is 10.9 Å². The van der Waals surface area contributed by atoms with E-state index in [9.17, 15) is 5.11 Å². The van der Waals surface area contributed by atoms with Gasteiger partial charge in [-0.2, -0.15) is 0 Å². The summed E-state index contributed by atoms with van der Waals surface area (Å²) in [5, 5.41) is 12.3. The van der Waals surface area contributed by atoms with E-state index in [1.165, 1.54) is 78.3 Å². The van der Waals surface area contributed by atoms with Crippen LogP contribution in [0.5, 0.6) is 0 Å². The SMILES string of the molecule is CCCCC(C)c1ccc(C(C)CCCC)c(/C=C(\O)C(=O)c2c(C(C)CCCC)c(C(C)CCCC)cc(C(C)CCCC)c2C(C)CCCC)c1. The summed E-state index contributed by atoms with van der Waals surface area (Å²) in [5.74, 6) is 1.73. The van der Waals surface area contributed by atoms with Crippen molar-refractivity contribution in [3.05, 3.63) is 74.5 Å². The number of rotatable bonds is 27. The largest absolute Gasteiger partial charge is 0.504 e. The molecule has 0 spiro atoms. The van der Waals surface area contributed by atoms with E-state index >= 15 is 4.79 Å². The molecule has 0 fully saturated rings. The third-order valence-electron chi connectivity index (χ3n) is 12.4. The quantitative estimate of drug-likeness (QED) is 0.0565. The molecule has 0 aromatic heterocycles. The maximum absolute atomic E-state index is 15.4. The number of carbonyl (C=O) groups is 1. The highest BCUT2D eigenvalue weighted by molar-refractivity contribution is 6.12. The molecule has 0 amide bonds. The molecule has 2 aromatic carbocycles. The molecule has 0 aliphatic heterocycles. The molecule has 1 N–H and O–H groups in total. The summed E-state index contributed by atoms with van der Waals surface area (Å²) >= 11 is 0. The molecule has 0 aliphatic rings. The Labute approximate surface area is 329 Å². The second kappa shape index (κ2) is 24.9. The Morgan fingerprint density at radius 1 is 0.509 bits per heavy atom. The lowest BCUT2D eigenvalue weighted by Crippen LogP contribution is -2.20. The van der Waals surface area contributed by atoms with Crippen LogP contribution >= 0.6 is 0 Å². The van der Waals surface area contributed by atoms with E-state index in [1.54, 1.807) is 0 Å². The summed E-state index contributed by atoms with van der Waals surface area (Å²) in [5.41, 5.74) is 9.60. The molecule has 0 aliphatic carbocycles. The van der Waals surface area contributed by atoms with Crippen LogP contribution in [0.3, 0.4) is 0 Å². The first kappa shape index (κ1) is 46.8. The second-order valence-electron chi connectivity index (χ2n) is 17.3. The number of allylic oxidation sites excluding steroid dienone is 1. The van der Waals surface area contributed by atoms with Gasteiger partial charge in [-0.15, -0.1) is 0 Å². The van der Waals surface area contributed by atoms with E-state index in [0.717, 1.165) is 81.8 Å². The van der Waals surface area contributed by atoms with E-state index in [2.05, 4.69) is 107 Å². The van der Waals surface area contributed by atoms with Crippen molar-refractivity contribution in [2.45, 2.75) is 234 Å². The van der Waals surface area contributed by atoms with Crippen molar-refractivity contribution in [1.29, 1.82) is 0 Å². The number of benzene rings is 2. The van der Waals surface area contributed by atoms with Crippen LogP contribution in [0.15, 0.2) is 30.0 Å². The fourth-order valence-electron chi connectivity index (χ4n) is 8.68. The van der Waals surface area contributed by atoms with Crippen molar-refractivity contribution >= 4 is 11.9 Å². The van der Waals surface area contributed by atoms with Gasteiger partial charge in [0.15, 0.2) is 5.76 Å². The van der Waals surface area contributed by atoms with Crippen molar-refractivity contribution in [3.8, 4) is 0 Å². The third kappa shape index (κ3) is 13.7. The Hall–Kier alpha value is -2.35. The van der Waals surface area contributed by atoms with Crippen molar-refractivity contribution in [2.24, 2.45) is 0 Å². The minimum absolute atomic E-state index is 0.0919. The van der Waals surface area contributed by atoms with Gasteiger partial charge in [-0.3, -0.25) is 4.79 Å². The third-order valence-corrected chi connectivity index (χ3v) is 12.4. The van der Waals surface area contributed by atoms with E-state index in [-0.39, 0.29) is 23.4 Å². The highest BCUT2D eigenvalue weighted by Crippen LogP contribution is 2.45. The van der Waals surface area contributed by atoms with Crippen molar-refractivity contribution < 1.29 is 9.90 Å². The van der Waals surface area contributed by atoms with E-state index < -0.39 is 0 Å². The lowest BCUT2D eigenvalue weighted by atomic mass is 9.72. The van der Waals surface area contributed by atoms with Crippen LogP contribution in [0.1, 0.15) is 283 Å². The molecule has 53 heavy (non-hydrogen) atoms. The predicted octanol–water partition coefficient (Wildman–Crippen LogP) is 17.2. The normalized spacial score (nSPS) is 15.6. The van der Waals surface area contributed by atoms with Crippen LogP contribution in [0.2, 0.25) is 0 Å². The monoisotopic (exact) mass is 729 g/mol. The van der Waals surface area contributed by atoms with Crippen LogP contribution in [0.25, 0.3) is 6.08 Å². The van der Waals surface area contributed by atoms with Gasteiger partial charge >= 0.3 is 0 Å². The zero-order chi connectivity index (χ0) is 39.5. The van der Waals surface area contributed by atoms with Crippen LogP contribution in [0, 0.1) is 0 Å². The van der Waals surface area contributed by atoms with Gasteiger partial charge in [-0.05, 0) is 119 Å². The maximum Gasteiger partial charge on any atom is 0.227 e. The van der Waals surface area contributed by atoms with Crippen molar-refractivity contribution in [3.63, 3.8) is 0 Å². The molecule has 0 radical (unpaired) electrons. The first-order valence-corrected chi connectivity index (χ1v) is 22.7. The molecule has 0 bridgehead atoms. The number of aliphatic hydroxyl groups is 1. The van der Waals surface area contributed by atoms with Gasteiger partial charge < -0.3 is 5.11 Å². The summed E-state index contributed by atoms with van der Waals surface area (Å²) in [6.45, 7) is 27.7. The number of Topliss-reactive ketones (excluding diaryl/α,β-unsaturated/α-hetero) is 1. The Bertz CT molecular complexity index is 1330. The van der Waals surface area contributed by atoms with E-state index in [1.807, 2.05) is 6.08 Å². The van der Waals surface area contributed by atoms with E-state index in [4.69, 9.17) is 0 Å². The standard InChI is InChI=1S/C51H84O2/c1-13-19-25-36(7)42-31-32-44(37(8)26-20-14-2)43(33-42)34-47(52)51(53)50-48(40(11)29-23-17-5)45(38(9)27-21-15-3)35-46(39(10)28-22-16-4)49(50)41(12)30-24-18-6/h31-41,52H,13-30H2,1-12H3/b47-34-. The van der Waals surface area contributed by atoms with Gasteiger partial charge in [0.05, 0.1) is 0 Å². The molecule has 6 unspecified atom stereocenters. The summed E-state index contributed by atoms with van der Waals surface area (Å²) < 4.78 is 0. The molecule has 300 valence electrons. The summed E-state index contributed by atoms with van der Waals surface area (Å²) in [7, 11) is 0. The lowest BCUT2D eigenvalue weighted by molar-refractivity contribution is 0.0977. The lowest BCUT2D eigenvalue weighted by Gasteiger charge is -2.32. The number of aliphatic hydroxyl groups excluding tert-OH is 1. The highest BCUT2D eigenvalue weighted by Gasteiger charge is 2.32. The number of carbonyl (C=O) groups excluding carboxylic acids is 1.